The summed E-state index contributed by atoms with van der Waals surface area (Å²) in [4.78, 5) is 0. The van der Waals surface area contributed by atoms with E-state index in [4.69, 9.17) is 16.3 Å². The fraction of sp³-hybridized carbons (Fsp3) is 0.467. The molecule has 5 nitrogen and oxygen atoms in total. The summed E-state index contributed by atoms with van der Waals surface area (Å²) >= 11 is 0. The molecule has 1 aromatic rings. The zero-order valence-corrected chi connectivity index (χ0v) is 11.9. The summed E-state index contributed by atoms with van der Waals surface area (Å²) in [6.45, 7) is 0.656. The van der Waals surface area contributed by atoms with Crippen LogP contribution in [0.5, 0.6) is 5.75 Å². The van der Waals surface area contributed by atoms with E-state index >= 15 is 0 Å². The normalized spacial score (nSPS) is 19.1. The van der Waals surface area contributed by atoms with Crippen molar-refractivity contribution in [2.24, 2.45) is 17.5 Å². The van der Waals surface area contributed by atoms with Crippen LogP contribution >= 0.6 is 0 Å². The van der Waals surface area contributed by atoms with Gasteiger partial charge in [-0.2, -0.15) is 0 Å². The summed E-state index contributed by atoms with van der Waals surface area (Å²) in [6.07, 6.45) is 2.79. The molecule has 5 heteroatoms. The van der Waals surface area contributed by atoms with Gasteiger partial charge in [-0.1, -0.05) is 12.1 Å². The first-order chi connectivity index (χ1) is 9.65. The van der Waals surface area contributed by atoms with Gasteiger partial charge in [-0.3, -0.25) is 0 Å². The summed E-state index contributed by atoms with van der Waals surface area (Å²) in [7, 11) is 1.64. The fourth-order valence-corrected chi connectivity index (χ4v) is 2.68. The highest BCUT2D eigenvalue weighted by Gasteiger charge is 2.24. The molecule has 1 aliphatic carbocycles. The maximum Gasteiger partial charge on any atom is 0.118 e. The lowest BCUT2D eigenvalue weighted by molar-refractivity contribution is 0.187. The van der Waals surface area contributed by atoms with Gasteiger partial charge in [0.15, 0.2) is 0 Å². The molecule has 1 unspecified atom stereocenters. The average Bonchev–Trinajstić information content (AvgIpc) is 2.47. The Kier molecular flexibility index (Phi) is 4.87. The number of methoxy groups -OCH3 is 1. The SMILES string of the molecule is COc1ccc(CN(N)C2=C(N)CCCC2CO)cc1. The van der Waals surface area contributed by atoms with Crippen LogP contribution in [0, 0.1) is 5.92 Å². The van der Waals surface area contributed by atoms with Crippen LogP contribution < -0.4 is 16.3 Å². The third kappa shape index (κ3) is 3.23. The Bertz CT molecular complexity index is 471. The van der Waals surface area contributed by atoms with Crippen molar-refractivity contribution in [3.63, 3.8) is 0 Å². The molecule has 0 saturated carbocycles. The maximum absolute atomic E-state index is 9.47. The zero-order valence-electron chi connectivity index (χ0n) is 11.9. The topological polar surface area (TPSA) is 84.7 Å². The van der Waals surface area contributed by atoms with Crippen LogP contribution in [0.2, 0.25) is 0 Å². The van der Waals surface area contributed by atoms with Crippen molar-refractivity contribution in [2.75, 3.05) is 13.7 Å². The first kappa shape index (κ1) is 14.7. The molecular weight excluding hydrogens is 254 g/mol. The van der Waals surface area contributed by atoms with Gasteiger partial charge < -0.3 is 20.6 Å². The van der Waals surface area contributed by atoms with Gasteiger partial charge in [0.1, 0.15) is 5.75 Å². The van der Waals surface area contributed by atoms with Gasteiger partial charge in [0.2, 0.25) is 0 Å². The highest BCUT2D eigenvalue weighted by atomic mass is 16.5. The van der Waals surface area contributed by atoms with Gasteiger partial charge in [-0.05, 0) is 37.0 Å². The number of hydrogen-bond donors (Lipinski definition) is 3. The van der Waals surface area contributed by atoms with E-state index in [9.17, 15) is 5.11 Å². The lowest BCUT2D eigenvalue weighted by Gasteiger charge is -2.32. The Labute approximate surface area is 119 Å². The molecule has 1 aliphatic rings. The lowest BCUT2D eigenvalue weighted by Crippen LogP contribution is -2.38. The molecule has 1 atom stereocenters. The Morgan fingerprint density at radius 3 is 2.65 bits per heavy atom. The van der Waals surface area contributed by atoms with Gasteiger partial charge in [0, 0.05) is 11.6 Å². The third-order valence-electron chi connectivity index (χ3n) is 3.76. The molecule has 0 saturated heterocycles. The van der Waals surface area contributed by atoms with E-state index in [1.54, 1.807) is 12.1 Å². The second-order valence-electron chi connectivity index (χ2n) is 5.16. The second kappa shape index (κ2) is 6.63. The minimum absolute atomic E-state index is 0.0481. The number of nitrogens with two attached hydrogens (primary N) is 2. The Balaban J connectivity index is 2.11. The molecule has 20 heavy (non-hydrogen) atoms. The standard InChI is InChI=1S/C15H23N3O2/c1-20-13-7-5-11(6-8-13)9-18(17)15-12(10-19)3-2-4-14(15)16/h5-8,12,19H,2-4,9-10,16-17H2,1H3. The number of allylic oxidation sites excluding steroid dienone is 1. The van der Waals surface area contributed by atoms with Gasteiger partial charge in [-0.25, -0.2) is 5.84 Å². The summed E-state index contributed by atoms with van der Waals surface area (Å²) < 4.78 is 5.13. The smallest absolute Gasteiger partial charge is 0.118 e. The summed E-state index contributed by atoms with van der Waals surface area (Å²) in [5.74, 6) is 7.03. The molecule has 110 valence electrons. The van der Waals surface area contributed by atoms with Crippen LogP contribution in [0.4, 0.5) is 0 Å². The van der Waals surface area contributed by atoms with Crippen molar-refractivity contribution in [2.45, 2.75) is 25.8 Å². The van der Waals surface area contributed by atoms with Crippen molar-refractivity contribution >= 4 is 0 Å². The Hall–Kier alpha value is -1.72. The minimum atomic E-state index is 0.0481. The Morgan fingerprint density at radius 2 is 2.05 bits per heavy atom. The molecule has 0 fully saturated rings. The van der Waals surface area contributed by atoms with Crippen LogP contribution in [-0.4, -0.2) is 23.8 Å². The van der Waals surface area contributed by atoms with Crippen molar-refractivity contribution in [3.05, 3.63) is 41.2 Å². The van der Waals surface area contributed by atoms with Gasteiger partial charge in [-0.15, -0.1) is 0 Å². The quantitative estimate of drug-likeness (QED) is 0.558. The van der Waals surface area contributed by atoms with Crippen molar-refractivity contribution in [1.82, 2.24) is 5.01 Å². The van der Waals surface area contributed by atoms with E-state index < -0.39 is 0 Å². The van der Waals surface area contributed by atoms with Crippen LogP contribution in [0.25, 0.3) is 0 Å². The molecule has 0 aliphatic heterocycles. The van der Waals surface area contributed by atoms with Crippen LogP contribution in [0.1, 0.15) is 24.8 Å². The van der Waals surface area contributed by atoms with E-state index in [0.717, 1.165) is 42.0 Å². The third-order valence-corrected chi connectivity index (χ3v) is 3.76. The minimum Gasteiger partial charge on any atom is -0.497 e. The van der Waals surface area contributed by atoms with Gasteiger partial charge in [0.05, 0.1) is 26.0 Å². The highest BCUT2D eigenvalue weighted by molar-refractivity contribution is 5.28. The fourth-order valence-electron chi connectivity index (χ4n) is 2.68. The number of hydrogen-bond acceptors (Lipinski definition) is 5. The van der Waals surface area contributed by atoms with E-state index in [1.807, 2.05) is 24.3 Å². The first-order valence-corrected chi connectivity index (χ1v) is 6.90. The summed E-state index contributed by atoms with van der Waals surface area (Å²) in [5, 5.41) is 11.1. The molecule has 0 spiro atoms. The van der Waals surface area contributed by atoms with E-state index in [-0.39, 0.29) is 12.5 Å². The molecule has 0 bridgehead atoms. The molecule has 0 radical (unpaired) electrons. The predicted octanol–water partition coefficient (Wildman–Crippen LogP) is 1.33. The number of aliphatic hydroxyl groups is 1. The number of ether oxygens (including phenoxy) is 1. The van der Waals surface area contributed by atoms with Gasteiger partial charge in [0.25, 0.3) is 0 Å². The van der Waals surface area contributed by atoms with Crippen molar-refractivity contribution in [1.29, 1.82) is 0 Å². The van der Waals surface area contributed by atoms with Crippen LogP contribution in [0.15, 0.2) is 35.7 Å². The zero-order chi connectivity index (χ0) is 14.5. The molecule has 1 aromatic carbocycles. The number of rotatable bonds is 5. The molecule has 2 rings (SSSR count). The maximum atomic E-state index is 9.47. The highest BCUT2D eigenvalue weighted by Crippen LogP contribution is 2.29. The monoisotopic (exact) mass is 277 g/mol. The number of benzene rings is 1. The molecule has 0 aromatic heterocycles. The van der Waals surface area contributed by atoms with E-state index in [1.165, 1.54) is 0 Å². The number of hydrazine groups is 1. The average molecular weight is 277 g/mol. The van der Waals surface area contributed by atoms with Gasteiger partial charge >= 0.3 is 0 Å². The summed E-state index contributed by atoms with van der Waals surface area (Å²) in [5.41, 5.74) is 8.83. The molecule has 0 amide bonds. The number of nitrogens with zero attached hydrogens (tertiary/aromatic N) is 1. The van der Waals surface area contributed by atoms with Crippen LogP contribution in [-0.2, 0) is 6.54 Å². The van der Waals surface area contributed by atoms with E-state index in [2.05, 4.69) is 0 Å². The predicted molar refractivity (Wildman–Crippen MR) is 78.4 cm³/mol. The molecular formula is C15H23N3O2. The van der Waals surface area contributed by atoms with Crippen molar-refractivity contribution < 1.29 is 9.84 Å². The summed E-state index contributed by atoms with van der Waals surface area (Å²) in [6, 6.07) is 7.77. The first-order valence-electron chi connectivity index (χ1n) is 6.90. The van der Waals surface area contributed by atoms with Crippen LogP contribution in [0.3, 0.4) is 0 Å². The second-order valence-corrected chi connectivity index (χ2v) is 5.16. The van der Waals surface area contributed by atoms with E-state index in [0.29, 0.717) is 6.54 Å². The molecule has 0 heterocycles. The Morgan fingerprint density at radius 1 is 1.35 bits per heavy atom. The largest absolute Gasteiger partial charge is 0.497 e. The molecule has 5 N–H and O–H groups in total. The number of aliphatic hydroxyl groups excluding tert-OH is 1. The van der Waals surface area contributed by atoms with Crippen molar-refractivity contribution in [3.8, 4) is 5.75 Å². The lowest BCUT2D eigenvalue weighted by atomic mass is 9.90.